The van der Waals surface area contributed by atoms with Crippen LogP contribution in [0.4, 0.5) is 0 Å². The summed E-state index contributed by atoms with van der Waals surface area (Å²) in [5.41, 5.74) is 4.62. The molecule has 0 fully saturated rings. The fraction of sp³-hybridized carbons (Fsp3) is 0.158. The topological polar surface area (TPSA) is 0 Å². The lowest BCUT2D eigenvalue weighted by Gasteiger charge is -2.06. The summed E-state index contributed by atoms with van der Waals surface area (Å²) in [6, 6.07) is 19.4. The Kier molecular flexibility index (Phi) is 3.12. The number of hydrogen-bond donors (Lipinski definition) is 0. The summed E-state index contributed by atoms with van der Waals surface area (Å²) in [6.07, 6.45) is 0. The van der Waals surface area contributed by atoms with Crippen LogP contribution in [0.5, 0.6) is 0 Å². The maximum absolute atomic E-state index is 3.47. The van der Waals surface area contributed by atoms with Gasteiger partial charge in [0.2, 0.25) is 0 Å². The molecule has 0 saturated heterocycles. The van der Waals surface area contributed by atoms with Gasteiger partial charge >= 0.3 is 0 Å². The molecule has 0 atom stereocenters. The number of hydrogen-bond acceptors (Lipinski definition) is 0. The van der Waals surface area contributed by atoms with E-state index in [1.54, 1.807) is 0 Å². The Morgan fingerprint density at radius 2 is 1.40 bits per heavy atom. The fourth-order valence-corrected chi connectivity index (χ4v) is 2.84. The van der Waals surface area contributed by atoms with E-state index < -0.39 is 8.07 Å². The predicted octanol–water partition coefficient (Wildman–Crippen LogP) is 5.22. The van der Waals surface area contributed by atoms with Crippen molar-refractivity contribution in [3.8, 4) is 11.5 Å². The van der Waals surface area contributed by atoms with Crippen molar-refractivity contribution in [3.05, 3.63) is 60.2 Å². The summed E-state index contributed by atoms with van der Waals surface area (Å²) < 4.78 is 0. The molecule has 98 valence electrons. The van der Waals surface area contributed by atoms with Crippen LogP contribution < -0.4 is 0 Å². The van der Waals surface area contributed by atoms with Crippen LogP contribution in [-0.4, -0.2) is 8.07 Å². The van der Waals surface area contributed by atoms with E-state index in [2.05, 4.69) is 85.7 Å². The van der Waals surface area contributed by atoms with Gasteiger partial charge in [0.15, 0.2) is 0 Å². The highest BCUT2D eigenvalue weighted by Gasteiger charge is 2.08. The van der Waals surface area contributed by atoms with Crippen molar-refractivity contribution in [3.63, 3.8) is 0 Å². The summed E-state index contributed by atoms with van der Waals surface area (Å²) in [6.45, 7) is 6.83. The molecule has 0 nitrogen and oxygen atoms in total. The smallest absolute Gasteiger partial charge is 0.127 e. The van der Waals surface area contributed by atoms with Gasteiger partial charge < -0.3 is 0 Å². The maximum Gasteiger partial charge on any atom is 0.129 e. The second-order valence-corrected chi connectivity index (χ2v) is 11.0. The molecule has 0 N–H and O–H groups in total. The van der Waals surface area contributed by atoms with Gasteiger partial charge in [-0.15, -0.1) is 5.54 Å². The minimum atomic E-state index is -1.34. The van der Waals surface area contributed by atoms with Crippen LogP contribution in [0.2, 0.25) is 19.6 Å². The maximum atomic E-state index is 3.47. The first kappa shape index (κ1) is 13.0. The Bertz CT molecular complexity index is 842. The molecule has 3 aromatic carbocycles. The third-order valence-corrected chi connectivity index (χ3v) is 4.19. The molecule has 0 aromatic heterocycles. The zero-order chi connectivity index (χ0) is 14.2. The molecule has 0 spiro atoms. The van der Waals surface area contributed by atoms with E-state index in [4.69, 9.17) is 0 Å². The molecule has 0 unspecified atom stereocenters. The highest BCUT2D eigenvalue weighted by molar-refractivity contribution is 6.83. The van der Waals surface area contributed by atoms with Gasteiger partial charge in [0.05, 0.1) is 0 Å². The van der Waals surface area contributed by atoms with Gasteiger partial charge in [-0.1, -0.05) is 62.0 Å². The zero-order valence-corrected chi connectivity index (χ0v) is 13.2. The van der Waals surface area contributed by atoms with Crippen molar-refractivity contribution < 1.29 is 0 Å². The number of fused-ring (bicyclic) bond motifs is 2. The molecule has 0 heterocycles. The van der Waals surface area contributed by atoms with Crippen LogP contribution in [0, 0.1) is 11.5 Å². The van der Waals surface area contributed by atoms with Gasteiger partial charge in [0.25, 0.3) is 0 Å². The average Bonchev–Trinajstić information content (AvgIpc) is 2.42. The van der Waals surface area contributed by atoms with Crippen molar-refractivity contribution in [1.29, 1.82) is 0 Å². The lowest BCUT2D eigenvalue weighted by atomic mass is 10.0. The molecule has 3 aromatic rings. The molecule has 0 radical (unpaired) electrons. The van der Waals surface area contributed by atoms with E-state index >= 15 is 0 Å². The van der Waals surface area contributed by atoms with Crippen molar-refractivity contribution >= 4 is 29.6 Å². The fourth-order valence-electron chi connectivity index (χ4n) is 2.33. The van der Waals surface area contributed by atoms with Crippen LogP contribution in [0.1, 0.15) is 5.56 Å². The van der Waals surface area contributed by atoms with Gasteiger partial charge in [-0.3, -0.25) is 0 Å². The highest BCUT2D eigenvalue weighted by atomic mass is 28.3. The summed E-state index contributed by atoms with van der Waals surface area (Å²) in [5.74, 6) is 3.40. The zero-order valence-electron chi connectivity index (χ0n) is 12.2. The first-order chi connectivity index (χ1) is 9.53. The standard InChI is InChI=1S/C19H18Si/c1-20(2,3)12-11-15-9-6-10-18-13-16-7-4-5-8-17(16)14-19(15)18/h4-10,13-14H,1-3H3. The van der Waals surface area contributed by atoms with E-state index in [9.17, 15) is 0 Å². The van der Waals surface area contributed by atoms with Crippen molar-refractivity contribution in [2.45, 2.75) is 19.6 Å². The van der Waals surface area contributed by atoms with E-state index in [0.29, 0.717) is 0 Å². The molecule has 3 rings (SSSR count). The molecular formula is C19H18Si. The van der Waals surface area contributed by atoms with Gasteiger partial charge in [-0.2, -0.15) is 0 Å². The predicted molar refractivity (Wildman–Crippen MR) is 91.7 cm³/mol. The van der Waals surface area contributed by atoms with Gasteiger partial charge in [0.1, 0.15) is 8.07 Å². The van der Waals surface area contributed by atoms with Gasteiger partial charge in [-0.05, 0) is 39.7 Å². The Hall–Kier alpha value is -2.04. The minimum Gasteiger partial charge on any atom is -0.127 e. The molecule has 20 heavy (non-hydrogen) atoms. The van der Waals surface area contributed by atoms with Crippen molar-refractivity contribution in [2.75, 3.05) is 0 Å². The van der Waals surface area contributed by atoms with Crippen LogP contribution >= 0.6 is 0 Å². The number of benzene rings is 3. The summed E-state index contributed by atoms with van der Waals surface area (Å²) >= 11 is 0. The van der Waals surface area contributed by atoms with Crippen LogP contribution in [0.25, 0.3) is 21.5 Å². The number of rotatable bonds is 0. The third-order valence-electron chi connectivity index (χ3n) is 3.32. The Balaban J connectivity index is 2.27. The lowest BCUT2D eigenvalue weighted by Crippen LogP contribution is -2.16. The monoisotopic (exact) mass is 274 g/mol. The molecule has 0 aliphatic heterocycles. The van der Waals surface area contributed by atoms with Crippen LogP contribution in [0.3, 0.4) is 0 Å². The average molecular weight is 274 g/mol. The third kappa shape index (κ3) is 2.61. The summed E-state index contributed by atoms with van der Waals surface area (Å²) in [4.78, 5) is 0. The first-order valence-electron chi connectivity index (χ1n) is 6.98. The van der Waals surface area contributed by atoms with Crippen molar-refractivity contribution in [1.82, 2.24) is 0 Å². The quantitative estimate of drug-likeness (QED) is 0.299. The SMILES string of the molecule is C[Si](C)(C)C#Cc1cccc2cc3ccccc3cc12. The molecule has 1 heteroatoms. The van der Waals surface area contributed by atoms with E-state index in [1.165, 1.54) is 21.5 Å². The summed E-state index contributed by atoms with van der Waals surface area (Å²) in [7, 11) is -1.34. The second kappa shape index (κ2) is 4.81. The van der Waals surface area contributed by atoms with Crippen molar-refractivity contribution in [2.24, 2.45) is 0 Å². The van der Waals surface area contributed by atoms with Crippen LogP contribution in [-0.2, 0) is 0 Å². The molecule has 0 amide bonds. The van der Waals surface area contributed by atoms with Crippen LogP contribution in [0.15, 0.2) is 54.6 Å². The lowest BCUT2D eigenvalue weighted by molar-refractivity contribution is 1.72. The largest absolute Gasteiger partial charge is 0.129 e. The van der Waals surface area contributed by atoms with Gasteiger partial charge in [-0.25, -0.2) is 0 Å². The molecular weight excluding hydrogens is 256 g/mol. The molecule has 0 aliphatic carbocycles. The molecule has 0 saturated carbocycles. The Morgan fingerprint density at radius 1 is 0.750 bits per heavy atom. The first-order valence-corrected chi connectivity index (χ1v) is 10.5. The summed E-state index contributed by atoms with van der Waals surface area (Å²) in [5, 5.41) is 5.10. The highest BCUT2D eigenvalue weighted by Crippen LogP contribution is 2.25. The Labute approximate surface area is 121 Å². The van der Waals surface area contributed by atoms with Gasteiger partial charge in [0, 0.05) is 5.56 Å². The van der Waals surface area contributed by atoms with E-state index in [-0.39, 0.29) is 0 Å². The molecule has 0 aliphatic rings. The molecule has 0 bridgehead atoms. The minimum absolute atomic E-state index is 1.15. The van der Waals surface area contributed by atoms with E-state index in [1.807, 2.05) is 0 Å². The van der Waals surface area contributed by atoms with E-state index in [0.717, 1.165) is 5.56 Å². The Morgan fingerprint density at radius 3 is 2.10 bits per heavy atom. The normalized spacial score (nSPS) is 11.3. The second-order valence-electron chi connectivity index (χ2n) is 6.23.